The van der Waals surface area contributed by atoms with Crippen molar-refractivity contribution in [2.75, 3.05) is 13.1 Å². The summed E-state index contributed by atoms with van der Waals surface area (Å²) in [6.45, 7) is 8.89. The van der Waals surface area contributed by atoms with Gasteiger partial charge in [0.2, 0.25) is 0 Å². The van der Waals surface area contributed by atoms with Crippen LogP contribution in [0.5, 0.6) is 0 Å². The van der Waals surface area contributed by atoms with Crippen molar-refractivity contribution in [3.63, 3.8) is 0 Å². The molecule has 0 radical (unpaired) electrons. The fourth-order valence-electron chi connectivity index (χ4n) is 1.93. The largest absolute Gasteiger partial charge is 0.444 e. The summed E-state index contributed by atoms with van der Waals surface area (Å²) >= 11 is 0. The minimum absolute atomic E-state index is 0.251. The first-order valence-corrected chi connectivity index (χ1v) is 6.54. The molecule has 0 saturated heterocycles. The van der Waals surface area contributed by atoms with Gasteiger partial charge < -0.3 is 9.64 Å². The first-order chi connectivity index (χ1) is 8.85. The highest BCUT2D eigenvalue weighted by atomic mass is 16.6. The molecular weight excluding hydrogens is 242 g/mol. The van der Waals surface area contributed by atoms with E-state index in [2.05, 4.69) is 5.10 Å². The molecule has 0 N–H and O–H groups in total. The van der Waals surface area contributed by atoms with Crippen molar-refractivity contribution in [3.05, 3.63) is 24.0 Å². The van der Waals surface area contributed by atoms with Gasteiger partial charge in [0.1, 0.15) is 5.60 Å². The Kier molecular flexibility index (Phi) is 3.64. The molecule has 0 spiro atoms. The molecule has 0 aliphatic carbocycles. The van der Waals surface area contributed by atoms with Crippen LogP contribution in [-0.2, 0) is 4.74 Å². The minimum Gasteiger partial charge on any atom is -0.444 e. The van der Waals surface area contributed by atoms with Crippen LogP contribution in [0.25, 0.3) is 5.70 Å². The quantitative estimate of drug-likeness (QED) is 0.782. The minimum atomic E-state index is -0.444. The van der Waals surface area contributed by atoms with Crippen LogP contribution in [-0.4, -0.2) is 39.5 Å². The van der Waals surface area contributed by atoms with E-state index in [-0.39, 0.29) is 6.09 Å². The number of hydrogen-bond donors (Lipinski definition) is 0. The second-order valence-electron chi connectivity index (χ2n) is 5.83. The third kappa shape index (κ3) is 3.59. The van der Waals surface area contributed by atoms with Crippen LogP contribution in [0, 0.1) is 6.92 Å². The summed E-state index contributed by atoms with van der Waals surface area (Å²) in [5, 5.41) is 4.28. The van der Waals surface area contributed by atoms with Crippen molar-refractivity contribution in [2.24, 2.45) is 0 Å². The molecule has 5 heteroatoms. The van der Waals surface area contributed by atoms with E-state index in [0.717, 1.165) is 17.7 Å². The Morgan fingerprint density at radius 1 is 1.42 bits per heavy atom. The Labute approximate surface area is 113 Å². The lowest BCUT2D eigenvalue weighted by Gasteiger charge is -2.29. The molecule has 2 heterocycles. The molecule has 1 aromatic rings. The number of nitrogens with zero attached hydrogens (tertiary/aromatic N) is 3. The van der Waals surface area contributed by atoms with Crippen molar-refractivity contribution in [3.8, 4) is 0 Å². The first kappa shape index (κ1) is 13.6. The maximum Gasteiger partial charge on any atom is 0.410 e. The Bertz CT molecular complexity index is 497. The highest BCUT2D eigenvalue weighted by Crippen LogP contribution is 2.18. The van der Waals surface area contributed by atoms with Crippen molar-refractivity contribution >= 4 is 11.8 Å². The van der Waals surface area contributed by atoms with Crippen LogP contribution in [0.4, 0.5) is 4.79 Å². The summed E-state index contributed by atoms with van der Waals surface area (Å²) in [6.07, 6.45) is 6.40. The molecular formula is C14H21N3O2. The number of hydrogen-bond acceptors (Lipinski definition) is 3. The molecule has 1 aliphatic rings. The Morgan fingerprint density at radius 3 is 2.63 bits per heavy atom. The van der Waals surface area contributed by atoms with Crippen LogP contribution < -0.4 is 0 Å². The molecule has 2 rings (SSSR count). The summed E-state index contributed by atoms with van der Waals surface area (Å²) in [7, 11) is 0. The van der Waals surface area contributed by atoms with E-state index in [9.17, 15) is 4.79 Å². The van der Waals surface area contributed by atoms with E-state index in [1.807, 2.05) is 50.8 Å². The molecule has 0 bridgehead atoms. The number of aromatic nitrogens is 2. The molecule has 0 atom stereocenters. The van der Waals surface area contributed by atoms with Crippen molar-refractivity contribution in [2.45, 2.75) is 39.7 Å². The number of ether oxygens (including phenoxy) is 1. The van der Waals surface area contributed by atoms with Crippen LogP contribution >= 0.6 is 0 Å². The van der Waals surface area contributed by atoms with E-state index in [4.69, 9.17) is 4.74 Å². The molecule has 104 valence electrons. The van der Waals surface area contributed by atoms with Gasteiger partial charge in [-0.05, 0) is 39.3 Å². The predicted molar refractivity (Wildman–Crippen MR) is 73.7 cm³/mol. The summed E-state index contributed by atoms with van der Waals surface area (Å²) in [4.78, 5) is 13.6. The monoisotopic (exact) mass is 263 g/mol. The van der Waals surface area contributed by atoms with Gasteiger partial charge in [0.25, 0.3) is 0 Å². The third-order valence-electron chi connectivity index (χ3n) is 2.84. The standard InChI is InChI=1S/C14H21N3O2/c1-11-9-15-17(10-11)12-5-7-16(8-6-12)13(18)19-14(2,3)4/h5,9-10H,6-8H2,1-4H3. The van der Waals surface area contributed by atoms with E-state index in [0.29, 0.717) is 13.1 Å². The zero-order chi connectivity index (χ0) is 14.0. The second kappa shape index (κ2) is 5.07. The maximum atomic E-state index is 11.9. The molecule has 1 aliphatic heterocycles. The first-order valence-electron chi connectivity index (χ1n) is 6.54. The molecule has 1 amide bonds. The Balaban J connectivity index is 1.98. The third-order valence-corrected chi connectivity index (χ3v) is 2.84. The van der Waals surface area contributed by atoms with Crippen LogP contribution in [0.2, 0.25) is 0 Å². The highest BCUT2D eigenvalue weighted by Gasteiger charge is 2.23. The summed E-state index contributed by atoms with van der Waals surface area (Å²) in [5.41, 5.74) is 1.82. The van der Waals surface area contributed by atoms with Gasteiger partial charge in [-0.15, -0.1) is 0 Å². The lowest BCUT2D eigenvalue weighted by molar-refractivity contribution is 0.0269. The number of rotatable bonds is 1. The van der Waals surface area contributed by atoms with Gasteiger partial charge in [-0.2, -0.15) is 5.10 Å². The second-order valence-corrected chi connectivity index (χ2v) is 5.83. The van der Waals surface area contributed by atoms with Crippen LogP contribution in [0.1, 0.15) is 32.8 Å². The van der Waals surface area contributed by atoms with Crippen molar-refractivity contribution in [1.82, 2.24) is 14.7 Å². The average Bonchev–Trinajstić information content (AvgIpc) is 2.74. The van der Waals surface area contributed by atoms with Gasteiger partial charge in [-0.1, -0.05) is 0 Å². The SMILES string of the molecule is Cc1cnn(C2=CCN(C(=O)OC(C)(C)C)CC2)c1. The molecule has 0 saturated carbocycles. The number of carbonyl (C=O) groups excluding carboxylic acids is 1. The Hall–Kier alpha value is -1.78. The summed E-state index contributed by atoms with van der Waals surface area (Å²) in [5.74, 6) is 0. The van der Waals surface area contributed by atoms with E-state index >= 15 is 0 Å². The lowest BCUT2D eigenvalue weighted by Crippen LogP contribution is -2.39. The van der Waals surface area contributed by atoms with Gasteiger partial charge in [0.05, 0.1) is 6.20 Å². The highest BCUT2D eigenvalue weighted by molar-refractivity contribution is 5.69. The summed E-state index contributed by atoms with van der Waals surface area (Å²) in [6, 6.07) is 0. The van der Waals surface area contributed by atoms with Crippen LogP contribution in [0.3, 0.4) is 0 Å². The molecule has 0 aromatic carbocycles. The summed E-state index contributed by atoms with van der Waals surface area (Å²) < 4.78 is 7.23. The normalized spacial score (nSPS) is 16.2. The average molecular weight is 263 g/mol. The van der Waals surface area contributed by atoms with Gasteiger partial charge in [-0.3, -0.25) is 0 Å². The van der Waals surface area contributed by atoms with E-state index in [1.165, 1.54) is 0 Å². The number of aryl methyl sites for hydroxylation is 1. The zero-order valence-electron chi connectivity index (χ0n) is 12.0. The van der Waals surface area contributed by atoms with Crippen LogP contribution in [0.15, 0.2) is 18.5 Å². The fraction of sp³-hybridized carbons (Fsp3) is 0.571. The Morgan fingerprint density at radius 2 is 2.16 bits per heavy atom. The molecule has 5 nitrogen and oxygen atoms in total. The van der Waals surface area contributed by atoms with Gasteiger partial charge in [0, 0.05) is 31.4 Å². The number of carbonyl (C=O) groups is 1. The zero-order valence-corrected chi connectivity index (χ0v) is 12.0. The molecule has 1 aromatic heterocycles. The maximum absolute atomic E-state index is 11.9. The van der Waals surface area contributed by atoms with Crippen molar-refractivity contribution < 1.29 is 9.53 Å². The molecule has 0 unspecified atom stereocenters. The molecule has 0 fully saturated rings. The van der Waals surface area contributed by atoms with Gasteiger partial charge in [0.15, 0.2) is 0 Å². The van der Waals surface area contributed by atoms with E-state index < -0.39 is 5.60 Å². The number of amides is 1. The topological polar surface area (TPSA) is 47.4 Å². The lowest BCUT2D eigenvalue weighted by atomic mass is 10.2. The van der Waals surface area contributed by atoms with Gasteiger partial charge >= 0.3 is 6.09 Å². The molecule has 19 heavy (non-hydrogen) atoms. The fourth-order valence-corrected chi connectivity index (χ4v) is 1.93. The van der Waals surface area contributed by atoms with Crippen molar-refractivity contribution in [1.29, 1.82) is 0 Å². The van der Waals surface area contributed by atoms with E-state index in [1.54, 1.807) is 4.90 Å². The predicted octanol–water partition coefficient (Wildman–Crippen LogP) is 2.67. The smallest absolute Gasteiger partial charge is 0.410 e. The van der Waals surface area contributed by atoms with Gasteiger partial charge in [-0.25, -0.2) is 9.48 Å².